The second kappa shape index (κ2) is 7.03. The number of para-hydroxylation sites is 1. The minimum atomic E-state index is 0.0466. The molecule has 3 N–H and O–H groups in total. The van der Waals surface area contributed by atoms with Crippen LogP contribution in [0, 0.1) is 0 Å². The van der Waals surface area contributed by atoms with Gasteiger partial charge in [0.15, 0.2) is 5.65 Å². The van der Waals surface area contributed by atoms with Gasteiger partial charge >= 0.3 is 0 Å². The lowest BCUT2D eigenvalue weighted by Gasteiger charge is -2.13. The first kappa shape index (κ1) is 17.4. The Morgan fingerprint density at radius 1 is 1.03 bits per heavy atom. The Hall–Kier alpha value is -3.71. The second-order valence-electron chi connectivity index (χ2n) is 6.99. The van der Waals surface area contributed by atoms with Crippen LogP contribution in [0.2, 0.25) is 0 Å². The van der Waals surface area contributed by atoms with Crippen molar-refractivity contribution in [3.8, 4) is 11.3 Å². The number of anilines is 2. The molecule has 0 saturated heterocycles. The zero-order valence-electron chi connectivity index (χ0n) is 15.7. The standard InChI is InChI=1S/C22H20N6O/c23-11-12-27-14-16-13-15(9-10-18(16)21(27)29)19-7-4-8-20-25-22(26-28(19)20)24-17-5-2-1-3-6-17/h1-10,13H,11-12,14,23H2,(H,24,26). The smallest absolute Gasteiger partial charge is 0.254 e. The molecule has 4 aromatic rings. The summed E-state index contributed by atoms with van der Waals surface area (Å²) in [6, 6.07) is 21.6. The van der Waals surface area contributed by atoms with Gasteiger partial charge in [0.05, 0.1) is 5.69 Å². The summed E-state index contributed by atoms with van der Waals surface area (Å²) in [5.74, 6) is 0.583. The van der Waals surface area contributed by atoms with E-state index in [1.54, 1.807) is 4.90 Å². The largest absolute Gasteiger partial charge is 0.333 e. The number of pyridine rings is 1. The molecule has 0 atom stereocenters. The van der Waals surface area contributed by atoms with Crippen LogP contribution in [0.3, 0.4) is 0 Å². The average molecular weight is 384 g/mol. The number of nitrogens with zero attached hydrogens (tertiary/aromatic N) is 4. The first-order chi connectivity index (χ1) is 14.2. The van der Waals surface area contributed by atoms with Crippen molar-refractivity contribution in [3.05, 3.63) is 77.9 Å². The molecule has 0 spiro atoms. The van der Waals surface area contributed by atoms with E-state index < -0.39 is 0 Å². The Labute approximate surface area is 167 Å². The fourth-order valence-corrected chi connectivity index (χ4v) is 3.70. The number of hydrogen-bond acceptors (Lipinski definition) is 5. The van der Waals surface area contributed by atoms with Gasteiger partial charge in [-0.3, -0.25) is 4.79 Å². The SMILES string of the molecule is NCCN1Cc2cc(-c3cccc4nc(Nc5ccccc5)nn34)ccc2C1=O. The van der Waals surface area contributed by atoms with Gasteiger partial charge in [-0.25, -0.2) is 4.52 Å². The summed E-state index contributed by atoms with van der Waals surface area (Å²) in [6.07, 6.45) is 0. The Morgan fingerprint density at radius 2 is 1.90 bits per heavy atom. The Balaban J connectivity index is 1.51. The molecule has 5 rings (SSSR count). The zero-order chi connectivity index (χ0) is 19.8. The van der Waals surface area contributed by atoms with Crippen LogP contribution in [-0.2, 0) is 6.54 Å². The molecule has 0 fully saturated rings. The van der Waals surface area contributed by atoms with Crippen molar-refractivity contribution < 1.29 is 4.79 Å². The third kappa shape index (κ3) is 3.11. The highest BCUT2D eigenvalue weighted by molar-refractivity contribution is 5.99. The summed E-state index contributed by atoms with van der Waals surface area (Å²) in [7, 11) is 0. The molecule has 0 unspecified atom stereocenters. The van der Waals surface area contributed by atoms with Crippen molar-refractivity contribution in [1.29, 1.82) is 0 Å². The summed E-state index contributed by atoms with van der Waals surface area (Å²) < 4.78 is 1.82. The van der Waals surface area contributed by atoms with Crippen LogP contribution in [0.4, 0.5) is 11.6 Å². The highest BCUT2D eigenvalue weighted by atomic mass is 16.2. The van der Waals surface area contributed by atoms with Crippen molar-refractivity contribution in [2.75, 3.05) is 18.4 Å². The van der Waals surface area contributed by atoms with Gasteiger partial charge in [-0.1, -0.05) is 30.3 Å². The molecule has 0 bridgehead atoms. The van der Waals surface area contributed by atoms with E-state index in [-0.39, 0.29) is 5.91 Å². The maximum Gasteiger partial charge on any atom is 0.254 e. The van der Waals surface area contributed by atoms with Crippen LogP contribution in [0.5, 0.6) is 0 Å². The molecule has 2 aromatic heterocycles. The van der Waals surface area contributed by atoms with Crippen LogP contribution < -0.4 is 11.1 Å². The molecule has 1 aliphatic rings. The lowest BCUT2D eigenvalue weighted by molar-refractivity contribution is 0.0783. The number of nitrogens with one attached hydrogen (secondary N) is 1. The molecule has 7 nitrogen and oxygen atoms in total. The molecule has 3 heterocycles. The Kier molecular flexibility index (Phi) is 4.22. The van der Waals surface area contributed by atoms with Gasteiger partial charge in [0.25, 0.3) is 5.91 Å². The van der Waals surface area contributed by atoms with E-state index in [2.05, 4.69) is 21.5 Å². The maximum atomic E-state index is 12.5. The fourth-order valence-electron chi connectivity index (χ4n) is 3.70. The van der Waals surface area contributed by atoms with E-state index in [0.717, 1.165) is 33.7 Å². The number of benzene rings is 2. The summed E-state index contributed by atoms with van der Waals surface area (Å²) in [5.41, 5.74) is 11.0. The number of amides is 1. The fraction of sp³-hybridized carbons (Fsp3) is 0.136. The van der Waals surface area contributed by atoms with Gasteiger partial charge < -0.3 is 16.0 Å². The van der Waals surface area contributed by atoms with Crippen LogP contribution in [0.15, 0.2) is 66.7 Å². The molecule has 7 heteroatoms. The number of fused-ring (bicyclic) bond motifs is 2. The molecule has 144 valence electrons. The van der Waals surface area contributed by atoms with E-state index in [1.165, 1.54) is 0 Å². The lowest BCUT2D eigenvalue weighted by atomic mass is 10.0. The van der Waals surface area contributed by atoms with Gasteiger partial charge in [0.2, 0.25) is 5.95 Å². The van der Waals surface area contributed by atoms with E-state index in [1.807, 2.05) is 65.2 Å². The molecule has 0 radical (unpaired) electrons. The minimum Gasteiger partial charge on any atom is -0.333 e. The predicted octanol–water partition coefficient (Wildman–Crippen LogP) is 3.05. The van der Waals surface area contributed by atoms with Gasteiger partial charge in [0.1, 0.15) is 0 Å². The first-order valence-corrected chi connectivity index (χ1v) is 9.53. The summed E-state index contributed by atoms with van der Waals surface area (Å²) in [6.45, 7) is 1.62. The van der Waals surface area contributed by atoms with Crippen molar-refractivity contribution in [2.45, 2.75) is 6.54 Å². The molecular formula is C22H20N6O. The normalized spacial score (nSPS) is 13.1. The first-order valence-electron chi connectivity index (χ1n) is 9.53. The van der Waals surface area contributed by atoms with Gasteiger partial charge in [0, 0.05) is 36.4 Å². The highest BCUT2D eigenvalue weighted by Crippen LogP contribution is 2.29. The van der Waals surface area contributed by atoms with Crippen LogP contribution in [0.1, 0.15) is 15.9 Å². The third-order valence-electron chi connectivity index (χ3n) is 5.07. The molecular weight excluding hydrogens is 364 g/mol. The van der Waals surface area contributed by atoms with E-state index in [0.29, 0.717) is 25.6 Å². The van der Waals surface area contributed by atoms with E-state index >= 15 is 0 Å². The lowest BCUT2D eigenvalue weighted by Crippen LogP contribution is -2.29. The molecule has 1 amide bonds. The summed E-state index contributed by atoms with van der Waals surface area (Å²) >= 11 is 0. The van der Waals surface area contributed by atoms with Crippen molar-refractivity contribution in [1.82, 2.24) is 19.5 Å². The maximum absolute atomic E-state index is 12.5. The second-order valence-corrected chi connectivity index (χ2v) is 6.99. The van der Waals surface area contributed by atoms with Gasteiger partial charge in [-0.05, 0) is 42.0 Å². The third-order valence-corrected chi connectivity index (χ3v) is 5.07. The number of aromatic nitrogens is 3. The number of hydrogen-bond donors (Lipinski definition) is 2. The topological polar surface area (TPSA) is 88.5 Å². The van der Waals surface area contributed by atoms with Crippen LogP contribution >= 0.6 is 0 Å². The average Bonchev–Trinajstić information content (AvgIpc) is 3.29. The number of carbonyl (C=O) groups excluding carboxylic acids is 1. The molecule has 0 aliphatic carbocycles. The molecule has 0 saturated carbocycles. The quantitative estimate of drug-likeness (QED) is 0.552. The summed E-state index contributed by atoms with van der Waals surface area (Å²) in [5, 5.41) is 7.87. The van der Waals surface area contributed by atoms with Gasteiger partial charge in [-0.2, -0.15) is 4.98 Å². The Morgan fingerprint density at radius 3 is 2.72 bits per heavy atom. The predicted molar refractivity (Wildman–Crippen MR) is 112 cm³/mol. The highest BCUT2D eigenvalue weighted by Gasteiger charge is 2.27. The van der Waals surface area contributed by atoms with Gasteiger partial charge in [-0.15, -0.1) is 5.10 Å². The monoisotopic (exact) mass is 384 g/mol. The van der Waals surface area contributed by atoms with Crippen molar-refractivity contribution in [2.24, 2.45) is 5.73 Å². The van der Waals surface area contributed by atoms with E-state index in [4.69, 9.17) is 5.73 Å². The minimum absolute atomic E-state index is 0.0466. The van der Waals surface area contributed by atoms with Crippen LogP contribution in [0.25, 0.3) is 16.9 Å². The Bertz CT molecular complexity index is 1200. The number of carbonyl (C=O) groups is 1. The molecule has 29 heavy (non-hydrogen) atoms. The van der Waals surface area contributed by atoms with Crippen molar-refractivity contribution >= 4 is 23.2 Å². The molecule has 2 aromatic carbocycles. The number of rotatable bonds is 5. The number of nitrogens with two attached hydrogens (primary N) is 1. The zero-order valence-corrected chi connectivity index (χ0v) is 15.7. The van der Waals surface area contributed by atoms with E-state index in [9.17, 15) is 4.79 Å². The van der Waals surface area contributed by atoms with Crippen molar-refractivity contribution in [3.63, 3.8) is 0 Å². The molecule has 1 aliphatic heterocycles. The van der Waals surface area contributed by atoms with Crippen LogP contribution in [-0.4, -0.2) is 38.5 Å². The summed E-state index contributed by atoms with van der Waals surface area (Å²) in [4.78, 5) is 18.8.